The molecule has 1 aliphatic heterocycles. The molecule has 1 aromatic heterocycles. The Hall–Kier alpha value is -3.06. The van der Waals surface area contributed by atoms with Crippen LogP contribution >= 0.6 is 11.8 Å². The minimum Gasteiger partial charge on any atom is -0.490 e. The molecule has 7 heteroatoms. The Labute approximate surface area is 168 Å². The molecule has 3 aromatic rings. The van der Waals surface area contributed by atoms with Gasteiger partial charge in [0.25, 0.3) is 0 Å². The largest absolute Gasteiger partial charge is 0.490 e. The van der Waals surface area contributed by atoms with Gasteiger partial charge in [-0.25, -0.2) is 0 Å². The van der Waals surface area contributed by atoms with E-state index >= 15 is 0 Å². The Kier molecular flexibility index (Phi) is 5.43. The van der Waals surface area contributed by atoms with Gasteiger partial charge in [-0.2, -0.15) is 4.98 Å². The third kappa shape index (κ3) is 3.80. The molecule has 1 N–H and O–H groups in total. The second kappa shape index (κ2) is 8.31. The Morgan fingerprint density at radius 3 is 2.96 bits per heavy atom. The number of fused-ring (bicyclic) bond motifs is 3. The Balaban J connectivity index is 1.75. The normalized spacial score (nSPS) is 14.7. The number of nitrogens with one attached hydrogen (secondary N) is 1. The maximum absolute atomic E-state index is 6.26. The van der Waals surface area contributed by atoms with Gasteiger partial charge in [-0.15, -0.1) is 10.2 Å². The highest BCUT2D eigenvalue weighted by molar-refractivity contribution is 7.99. The van der Waals surface area contributed by atoms with Crippen LogP contribution in [0.4, 0.5) is 5.69 Å². The van der Waals surface area contributed by atoms with E-state index in [1.54, 1.807) is 6.08 Å². The van der Waals surface area contributed by atoms with Gasteiger partial charge in [-0.1, -0.05) is 61.7 Å². The molecule has 2 heterocycles. The molecule has 2 aromatic carbocycles. The average Bonchev–Trinajstić information content (AvgIpc) is 2.89. The van der Waals surface area contributed by atoms with E-state index < -0.39 is 6.23 Å². The molecule has 0 saturated carbocycles. The lowest BCUT2D eigenvalue weighted by molar-refractivity contribution is 0.224. The summed E-state index contributed by atoms with van der Waals surface area (Å²) in [6.07, 6.45) is 1.28. The first-order valence-corrected chi connectivity index (χ1v) is 10.0. The number of aromatic nitrogens is 3. The quantitative estimate of drug-likeness (QED) is 0.481. The summed E-state index contributed by atoms with van der Waals surface area (Å²) in [6, 6.07) is 15.7. The fourth-order valence-electron chi connectivity index (χ4n) is 2.91. The summed E-state index contributed by atoms with van der Waals surface area (Å²) in [5.41, 5.74) is 3.38. The molecule has 0 amide bonds. The van der Waals surface area contributed by atoms with Crippen LogP contribution in [0, 0.1) is 0 Å². The van der Waals surface area contributed by atoms with Gasteiger partial charge in [0, 0.05) is 16.8 Å². The topological polar surface area (TPSA) is 69.2 Å². The fraction of sp³-hybridized carbons (Fsp3) is 0.190. The first kappa shape index (κ1) is 18.3. The van der Waals surface area contributed by atoms with Crippen LogP contribution in [0.2, 0.25) is 0 Å². The van der Waals surface area contributed by atoms with Crippen LogP contribution in [0.25, 0.3) is 11.3 Å². The van der Waals surface area contributed by atoms with E-state index in [4.69, 9.17) is 9.47 Å². The Morgan fingerprint density at radius 1 is 1.21 bits per heavy atom. The highest BCUT2D eigenvalue weighted by Crippen LogP contribution is 2.39. The number of ether oxygens (including phenoxy) is 2. The molecular formula is C21H20N4O2S. The lowest BCUT2D eigenvalue weighted by Crippen LogP contribution is -2.17. The number of nitrogens with zero attached hydrogens (tertiary/aromatic N) is 3. The third-order valence-electron chi connectivity index (χ3n) is 4.14. The zero-order valence-electron chi connectivity index (χ0n) is 15.5. The molecule has 142 valence electrons. The maximum atomic E-state index is 6.26. The molecule has 0 spiro atoms. The number of anilines is 1. The maximum Gasteiger partial charge on any atom is 0.247 e. The number of para-hydroxylation sites is 1. The van der Waals surface area contributed by atoms with Gasteiger partial charge in [0.05, 0.1) is 0 Å². The van der Waals surface area contributed by atoms with Gasteiger partial charge in [-0.3, -0.25) is 0 Å². The van der Waals surface area contributed by atoms with Crippen LogP contribution in [-0.4, -0.2) is 27.5 Å². The van der Waals surface area contributed by atoms with Crippen LogP contribution in [0.15, 0.2) is 66.3 Å². The third-order valence-corrected chi connectivity index (χ3v) is 4.86. The summed E-state index contributed by atoms with van der Waals surface area (Å²) in [4.78, 5) is 4.59. The van der Waals surface area contributed by atoms with Crippen molar-refractivity contribution in [3.63, 3.8) is 0 Å². The number of thioether (sulfide) groups is 1. The van der Waals surface area contributed by atoms with E-state index in [1.165, 1.54) is 11.8 Å². The number of hydrogen-bond donors (Lipinski definition) is 1. The highest BCUT2D eigenvalue weighted by atomic mass is 32.2. The van der Waals surface area contributed by atoms with Crippen LogP contribution in [0.5, 0.6) is 11.6 Å². The molecule has 0 aliphatic carbocycles. The lowest BCUT2D eigenvalue weighted by Gasteiger charge is -2.20. The molecule has 0 fully saturated rings. The van der Waals surface area contributed by atoms with Crippen LogP contribution in [0.1, 0.15) is 18.7 Å². The second-order valence-corrected chi connectivity index (χ2v) is 7.27. The van der Waals surface area contributed by atoms with E-state index in [2.05, 4.69) is 34.0 Å². The summed E-state index contributed by atoms with van der Waals surface area (Å²) in [5, 5.41) is 12.7. The lowest BCUT2D eigenvalue weighted by atomic mass is 10.1. The fourth-order valence-corrected chi connectivity index (χ4v) is 3.42. The number of rotatable bonds is 6. The molecule has 0 saturated heterocycles. The molecular weight excluding hydrogens is 372 g/mol. The van der Waals surface area contributed by atoms with E-state index in [9.17, 15) is 0 Å². The SMILES string of the molecule is C=CCOc1cccc(C2Nc3ccccc3-c3nnc(SCC)nc3O2)c1. The molecule has 28 heavy (non-hydrogen) atoms. The van der Waals surface area contributed by atoms with E-state index in [1.807, 2.05) is 48.5 Å². The Morgan fingerprint density at radius 2 is 2.11 bits per heavy atom. The van der Waals surface area contributed by atoms with Crippen LogP contribution in [-0.2, 0) is 0 Å². The standard InChI is InChI=1S/C21H20N4O2S/c1-3-12-26-15-9-7-8-14(13-15)19-22-17-11-6-5-10-16(17)18-20(27-19)23-21(25-24-18)28-4-2/h3,5-11,13,19,22H,1,4,12H2,2H3. The smallest absolute Gasteiger partial charge is 0.247 e. The number of hydrogen-bond acceptors (Lipinski definition) is 7. The van der Waals surface area contributed by atoms with Gasteiger partial charge in [0.15, 0.2) is 11.9 Å². The van der Waals surface area contributed by atoms with E-state index in [0.717, 1.165) is 28.3 Å². The van der Waals surface area contributed by atoms with Crippen molar-refractivity contribution in [2.75, 3.05) is 17.7 Å². The molecule has 1 aliphatic rings. The van der Waals surface area contributed by atoms with Gasteiger partial charge in [0.2, 0.25) is 11.0 Å². The molecule has 6 nitrogen and oxygen atoms in total. The van der Waals surface area contributed by atoms with Crippen molar-refractivity contribution >= 4 is 17.4 Å². The molecule has 0 bridgehead atoms. The first-order valence-electron chi connectivity index (χ1n) is 9.02. The minimum atomic E-state index is -0.439. The zero-order valence-corrected chi connectivity index (χ0v) is 16.3. The minimum absolute atomic E-state index is 0.439. The second-order valence-electron chi connectivity index (χ2n) is 6.04. The van der Waals surface area contributed by atoms with Gasteiger partial charge >= 0.3 is 0 Å². The summed E-state index contributed by atoms with van der Waals surface area (Å²) in [5.74, 6) is 2.08. The predicted octanol–water partition coefficient (Wildman–Crippen LogP) is 4.72. The van der Waals surface area contributed by atoms with Crippen LogP contribution < -0.4 is 14.8 Å². The average molecular weight is 392 g/mol. The van der Waals surface area contributed by atoms with Gasteiger partial charge < -0.3 is 14.8 Å². The molecule has 1 unspecified atom stereocenters. The van der Waals surface area contributed by atoms with E-state index in [-0.39, 0.29) is 0 Å². The summed E-state index contributed by atoms with van der Waals surface area (Å²) in [7, 11) is 0. The van der Waals surface area contributed by atoms with Crippen molar-refractivity contribution in [3.05, 3.63) is 66.7 Å². The monoisotopic (exact) mass is 392 g/mol. The van der Waals surface area contributed by atoms with Crippen molar-refractivity contribution in [3.8, 4) is 22.9 Å². The van der Waals surface area contributed by atoms with Crippen LogP contribution in [0.3, 0.4) is 0 Å². The predicted molar refractivity (Wildman–Crippen MR) is 111 cm³/mol. The summed E-state index contributed by atoms with van der Waals surface area (Å²) in [6.45, 7) is 6.19. The summed E-state index contributed by atoms with van der Waals surface area (Å²) >= 11 is 1.53. The highest BCUT2D eigenvalue weighted by Gasteiger charge is 2.26. The van der Waals surface area contributed by atoms with E-state index in [0.29, 0.717) is 23.3 Å². The van der Waals surface area contributed by atoms with Crippen molar-refractivity contribution in [1.29, 1.82) is 0 Å². The van der Waals surface area contributed by atoms with Gasteiger partial charge in [0.1, 0.15) is 12.4 Å². The number of benzene rings is 2. The van der Waals surface area contributed by atoms with Crippen molar-refractivity contribution in [2.45, 2.75) is 18.3 Å². The van der Waals surface area contributed by atoms with Crippen molar-refractivity contribution in [2.24, 2.45) is 0 Å². The van der Waals surface area contributed by atoms with Gasteiger partial charge in [-0.05, 0) is 24.0 Å². The Bertz CT molecular complexity index is 996. The van der Waals surface area contributed by atoms with Crippen molar-refractivity contribution < 1.29 is 9.47 Å². The molecule has 0 radical (unpaired) electrons. The first-order chi connectivity index (χ1) is 13.8. The van der Waals surface area contributed by atoms with Crippen molar-refractivity contribution in [1.82, 2.24) is 15.2 Å². The summed E-state index contributed by atoms with van der Waals surface area (Å²) < 4.78 is 11.9. The zero-order chi connectivity index (χ0) is 19.3. The molecule has 1 atom stereocenters. The molecule has 4 rings (SSSR count).